The third-order valence-corrected chi connectivity index (χ3v) is 6.18. The highest BCUT2D eigenvalue weighted by molar-refractivity contribution is 5.85. The molecule has 0 saturated heterocycles. The Labute approximate surface area is 177 Å². The molecule has 3 heterocycles. The highest BCUT2D eigenvalue weighted by Gasteiger charge is 2.33. The lowest BCUT2D eigenvalue weighted by molar-refractivity contribution is 0.196. The maximum Gasteiger partial charge on any atom is 0.124 e. The normalized spacial score (nSPS) is 16.9. The molecule has 0 radical (unpaired) electrons. The van der Waals surface area contributed by atoms with Crippen LogP contribution in [0.1, 0.15) is 54.0 Å². The first-order chi connectivity index (χ1) is 14.7. The van der Waals surface area contributed by atoms with Gasteiger partial charge in [0, 0.05) is 40.9 Å². The van der Waals surface area contributed by atoms with Crippen molar-refractivity contribution >= 4 is 10.9 Å². The molecule has 0 fully saturated rings. The van der Waals surface area contributed by atoms with Gasteiger partial charge in [0.25, 0.3) is 0 Å². The fourth-order valence-corrected chi connectivity index (χ4v) is 4.68. The lowest BCUT2D eigenvalue weighted by atomic mass is 9.91. The van der Waals surface area contributed by atoms with E-state index < -0.39 is 0 Å². The zero-order chi connectivity index (χ0) is 20.7. The van der Waals surface area contributed by atoms with Crippen molar-refractivity contribution in [2.24, 2.45) is 0 Å². The molecule has 0 unspecified atom stereocenters. The van der Waals surface area contributed by atoms with Crippen molar-refractivity contribution in [1.82, 2.24) is 20.1 Å². The van der Waals surface area contributed by atoms with Crippen LogP contribution in [0.25, 0.3) is 10.9 Å². The predicted octanol–water partition coefficient (Wildman–Crippen LogP) is 5.17. The number of rotatable bonds is 5. The van der Waals surface area contributed by atoms with E-state index in [9.17, 15) is 0 Å². The van der Waals surface area contributed by atoms with Crippen molar-refractivity contribution in [2.75, 3.05) is 13.7 Å². The zero-order valence-corrected chi connectivity index (χ0v) is 17.8. The van der Waals surface area contributed by atoms with Crippen LogP contribution in [-0.4, -0.2) is 33.7 Å². The highest BCUT2D eigenvalue weighted by atomic mass is 16.5. The summed E-state index contributed by atoms with van der Waals surface area (Å²) in [6, 6.07) is 19.3. The minimum Gasteiger partial charge on any atom is -0.496 e. The van der Waals surface area contributed by atoms with Crippen LogP contribution in [0, 0.1) is 0 Å². The third-order valence-electron chi connectivity index (χ3n) is 6.18. The number of ether oxygens (including phenoxy) is 1. The summed E-state index contributed by atoms with van der Waals surface area (Å²) in [7, 11) is 1.75. The molecule has 0 spiro atoms. The number of aromatic amines is 2. The Morgan fingerprint density at radius 3 is 2.73 bits per heavy atom. The van der Waals surface area contributed by atoms with Gasteiger partial charge in [0.1, 0.15) is 5.75 Å². The number of nitrogens with one attached hydrogen (secondary N) is 2. The van der Waals surface area contributed by atoms with E-state index in [0.29, 0.717) is 5.92 Å². The van der Waals surface area contributed by atoms with Crippen molar-refractivity contribution < 1.29 is 4.74 Å². The first kappa shape index (κ1) is 18.9. The molecule has 5 nitrogen and oxygen atoms in total. The minimum absolute atomic E-state index is 0.100. The van der Waals surface area contributed by atoms with Crippen LogP contribution in [0.4, 0.5) is 0 Å². The Morgan fingerprint density at radius 2 is 1.93 bits per heavy atom. The van der Waals surface area contributed by atoms with Crippen molar-refractivity contribution in [3.05, 3.63) is 82.8 Å². The number of aromatic nitrogens is 3. The van der Waals surface area contributed by atoms with Gasteiger partial charge in [-0.15, -0.1) is 0 Å². The molecule has 0 saturated carbocycles. The van der Waals surface area contributed by atoms with Gasteiger partial charge in [0.2, 0.25) is 0 Å². The van der Waals surface area contributed by atoms with E-state index in [2.05, 4.69) is 82.5 Å². The van der Waals surface area contributed by atoms with E-state index in [0.717, 1.165) is 36.6 Å². The Morgan fingerprint density at radius 1 is 1.13 bits per heavy atom. The summed E-state index contributed by atoms with van der Waals surface area (Å²) in [4.78, 5) is 6.25. The number of hydrogen-bond acceptors (Lipinski definition) is 3. The van der Waals surface area contributed by atoms with Gasteiger partial charge < -0.3 is 9.72 Å². The quantitative estimate of drug-likeness (QED) is 0.486. The van der Waals surface area contributed by atoms with Crippen LogP contribution in [0.5, 0.6) is 5.75 Å². The van der Waals surface area contributed by atoms with E-state index in [1.165, 1.54) is 27.7 Å². The van der Waals surface area contributed by atoms with Crippen LogP contribution < -0.4 is 4.74 Å². The van der Waals surface area contributed by atoms with Crippen molar-refractivity contribution in [2.45, 2.75) is 38.8 Å². The fourth-order valence-electron chi connectivity index (χ4n) is 4.68. The fraction of sp³-hybridized carbons (Fsp3) is 0.320. The summed E-state index contributed by atoms with van der Waals surface area (Å²) in [6.45, 7) is 6.15. The van der Waals surface area contributed by atoms with Crippen molar-refractivity contribution in [1.29, 1.82) is 0 Å². The van der Waals surface area contributed by atoms with Crippen LogP contribution in [0.2, 0.25) is 0 Å². The van der Waals surface area contributed by atoms with Crippen LogP contribution >= 0.6 is 0 Å². The number of benzene rings is 2. The third kappa shape index (κ3) is 3.19. The number of hydrogen-bond donors (Lipinski definition) is 2. The molecular weight excluding hydrogens is 372 g/mol. The molecule has 0 amide bonds. The molecule has 5 rings (SSSR count). The summed E-state index contributed by atoms with van der Waals surface area (Å²) < 4.78 is 5.76. The molecule has 30 heavy (non-hydrogen) atoms. The van der Waals surface area contributed by atoms with E-state index in [1.807, 2.05) is 6.07 Å². The molecule has 154 valence electrons. The summed E-state index contributed by atoms with van der Waals surface area (Å²) >= 11 is 0. The molecule has 2 N–H and O–H groups in total. The first-order valence-corrected chi connectivity index (χ1v) is 10.7. The monoisotopic (exact) mass is 400 g/mol. The summed E-state index contributed by atoms with van der Waals surface area (Å²) in [5, 5.41) is 9.09. The van der Waals surface area contributed by atoms with Crippen LogP contribution in [0.15, 0.2) is 54.6 Å². The van der Waals surface area contributed by atoms with E-state index in [1.54, 1.807) is 7.11 Å². The van der Waals surface area contributed by atoms with Gasteiger partial charge in [-0.3, -0.25) is 10.00 Å². The zero-order valence-electron chi connectivity index (χ0n) is 17.8. The molecular formula is C25H28N4O. The Balaban J connectivity index is 1.61. The van der Waals surface area contributed by atoms with Gasteiger partial charge >= 0.3 is 0 Å². The summed E-state index contributed by atoms with van der Waals surface area (Å²) in [5.74, 6) is 1.34. The molecule has 0 aliphatic carbocycles. The Bertz CT molecular complexity index is 1170. The predicted molar refractivity (Wildman–Crippen MR) is 120 cm³/mol. The number of nitrogens with zero attached hydrogens (tertiary/aromatic N) is 2. The van der Waals surface area contributed by atoms with Crippen molar-refractivity contribution in [3.63, 3.8) is 0 Å². The SMILES string of the molecule is COc1ccccc1[C@H]1c2[nH]c3ccccc3c2CCN1Cc1cc(C(C)C)n[nH]1. The molecule has 1 atom stereocenters. The van der Waals surface area contributed by atoms with Crippen molar-refractivity contribution in [3.8, 4) is 5.75 Å². The lowest BCUT2D eigenvalue weighted by Gasteiger charge is -2.36. The van der Waals surface area contributed by atoms with Crippen LogP contribution in [0.3, 0.4) is 0 Å². The largest absolute Gasteiger partial charge is 0.496 e. The maximum absolute atomic E-state index is 5.76. The second-order valence-corrected chi connectivity index (χ2v) is 8.40. The van der Waals surface area contributed by atoms with Crippen LogP contribution in [-0.2, 0) is 13.0 Å². The summed E-state index contributed by atoms with van der Waals surface area (Å²) in [6.07, 6.45) is 1.02. The Kier molecular flexibility index (Phi) is 4.83. The smallest absolute Gasteiger partial charge is 0.124 e. The van der Waals surface area contributed by atoms with Gasteiger partial charge in [-0.05, 0) is 36.1 Å². The first-order valence-electron chi connectivity index (χ1n) is 10.7. The number of para-hydroxylation sites is 2. The second-order valence-electron chi connectivity index (χ2n) is 8.40. The topological polar surface area (TPSA) is 56.9 Å². The standard InChI is InChI=1S/C25H28N4O/c1-16(2)22-14-17(27-28-22)15-29-13-12-19-18-8-4-6-10-21(18)26-24(19)25(29)20-9-5-7-11-23(20)30-3/h4-11,14,16,25-26H,12-13,15H2,1-3H3,(H,27,28)/t25-/m0/s1. The molecule has 1 aliphatic heterocycles. The summed E-state index contributed by atoms with van der Waals surface area (Å²) in [5.41, 5.74) is 7.35. The molecule has 5 heteroatoms. The van der Waals surface area contributed by atoms with Gasteiger partial charge in [-0.25, -0.2) is 0 Å². The van der Waals surface area contributed by atoms with Gasteiger partial charge in [0.15, 0.2) is 0 Å². The molecule has 2 aromatic heterocycles. The molecule has 2 aromatic carbocycles. The Hall–Kier alpha value is -3.05. The average Bonchev–Trinajstić information content (AvgIpc) is 3.38. The number of H-pyrrole nitrogens is 2. The maximum atomic E-state index is 5.76. The van der Waals surface area contributed by atoms with Gasteiger partial charge in [0.05, 0.1) is 18.8 Å². The van der Waals surface area contributed by atoms with E-state index in [4.69, 9.17) is 4.74 Å². The minimum atomic E-state index is 0.100. The highest BCUT2D eigenvalue weighted by Crippen LogP contribution is 2.41. The average molecular weight is 401 g/mol. The molecule has 4 aromatic rings. The number of fused-ring (bicyclic) bond motifs is 3. The van der Waals surface area contributed by atoms with E-state index in [-0.39, 0.29) is 6.04 Å². The van der Waals surface area contributed by atoms with E-state index >= 15 is 0 Å². The molecule has 1 aliphatic rings. The van der Waals surface area contributed by atoms with Gasteiger partial charge in [-0.1, -0.05) is 50.2 Å². The number of methoxy groups -OCH3 is 1. The molecule has 0 bridgehead atoms. The lowest BCUT2D eigenvalue weighted by Crippen LogP contribution is -2.36. The second kappa shape index (κ2) is 7.65. The van der Waals surface area contributed by atoms with Gasteiger partial charge in [-0.2, -0.15) is 5.10 Å².